The van der Waals surface area contributed by atoms with Crippen LogP contribution in [-0.2, 0) is 6.54 Å². The summed E-state index contributed by atoms with van der Waals surface area (Å²) in [6.07, 6.45) is 0. The number of nitrogens with zero attached hydrogens (tertiary/aromatic N) is 2. The first-order valence-electron chi connectivity index (χ1n) is 5.64. The first kappa shape index (κ1) is 13.3. The van der Waals surface area contributed by atoms with Gasteiger partial charge in [-0.25, -0.2) is 4.98 Å². The van der Waals surface area contributed by atoms with E-state index in [-0.39, 0.29) is 0 Å². The van der Waals surface area contributed by atoms with E-state index in [2.05, 4.69) is 43.0 Å². The minimum Gasteiger partial charge on any atom is -0.370 e. The molecule has 1 rings (SSSR count). The fraction of sp³-hybridized carbons (Fsp3) is 0.583. The molecule has 4 heteroatoms. The smallest absolute Gasteiger partial charge is 0.126 e. The standard InChI is InChI=1S/C12H20ClN3/c1-5-14-12-7-6-10(13)11(15-12)8-16(4)9(2)3/h6-7,9H,5,8H2,1-4H3,(H,14,15). The number of rotatable bonds is 5. The maximum atomic E-state index is 6.13. The van der Waals surface area contributed by atoms with Crippen LogP contribution in [-0.4, -0.2) is 29.5 Å². The highest BCUT2D eigenvalue weighted by Gasteiger charge is 2.09. The summed E-state index contributed by atoms with van der Waals surface area (Å²) in [5.41, 5.74) is 0.927. The van der Waals surface area contributed by atoms with Crippen LogP contribution in [0.2, 0.25) is 5.02 Å². The zero-order valence-electron chi connectivity index (χ0n) is 10.4. The molecule has 0 saturated heterocycles. The number of anilines is 1. The van der Waals surface area contributed by atoms with Crippen LogP contribution in [0.25, 0.3) is 0 Å². The van der Waals surface area contributed by atoms with E-state index in [4.69, 9.17) is 11.6 Å². The van der Waals surface area contributed by atoms with Gasteiger partial charge in [0.15, 0.2) is 0 Å². The van der Waals surface area contributed by atoms with Gasteiger partial charge in [0.05, 0.1) is 10.7 Å². The summed E-state index contributed by atoms with van der Waals surface area (Å²) in [5.74, 6) is 0.888. The van der Waals surface area contributed by atoms with Gasteiger partial charge in [-0.2, -0.15) is 0 Å². The number of aromatic nitrogens is 1. The molecule has 90 valence electrons. The Hall–Kier alpha value is -0.800. The van der Waals surface area contributed by atoms with E-state index in [9.17, 15) is 0 Å². The van der Waals surface area contributed by atoms with Crippen molar-refractivity contribution in [3.63, 3.8) is 0 Å². The fourth-order valence-corrected chi connectivity index (χ4v) is 1.46. The molecular formula is C12H20ClN3. The summed E-state index contributed by atoms with van der Waals surface area (Å²) in [7, 11) is 2.07. The van der Waals surface area contributed by atoms with Crippen LogP contribution in [0.15, 0.2) is 12.1 Å². The lowest BCUT2D eigenvalue weighted by atomic mass is 10.3. The Morgan fingerprint density at radius 1 is 1.44 bits per heavy atom. The van der Waals surface area contributed by atoms with Gasteiger partial charge in [-0.15, -0.1) is 0 Å². The average molecular weight is 242 g/mol. The van der Waals surface area contributed by atoms with E-state index < -0.39 is 0 Å². The Bertz CT molecular complexity index is 339. The van der Waals surface area contributed by atoms with Crippen LogP contribution in [0, 0.1) is 0 Å². The molecule has 0 aromatic carbocycles. The Labute approximate surface area is 103 Å². The van der Waals surface area contributed by atoms with Crippen LogP contribution >= 0.6 is 11.6 Å². The number of hydrogen-bond donors (Lipinski definition) is 1. The molecule has 0 fully saturated rings. The maximum Gasteiger partial charge on any atom is 0.126 e. The first-order chi connectivity index (χ1) is 7.54. The molecule has 0 spiro atoms. The van der Waals surface area contributed by atoms with E-state index in [1.807, 2.05) is 12.1 Å². The topological polar surface area (TPSA) is 28.2 Å². The van der Waals surface area contributed by atoms with Crippen LogP contribution in [0.1, 0.15) is 26.5 Å². The lowest BCUT2D eigenvalue weighted by Crippen LogP contribution is -2.26. The molecule has 3 nitrogen and oxygen atoms in total. The molecule has 0 aliphatic carbocycles. The molecule has 0 aliphatic heterocycles. The number of pyridine rings is 1. The highest BCUT2D eigenvalue weighted by atomic mass is 35.5. The molecule has 0 amide bonds. The Morgan fingerprint density at radius 3 is 2.69 bits per heavy atom. The van der Waals surface area contributed by atoms with Gasteiger partial charge in [-0.3, -0.25) is 4.90 Å². The molecule has 0 radical (unpaired) electrons. The van der Waals surface area contributed by atoms with Crippen molar-refractivity contribution in [1.82, 2.24) is 9.88 Å². The SMILES string of the molecule is CCNc1ccc(Cl)c(CN(C)C(C)C)n1. The van der Waals surface area contributed by atoms with Gasteiger partial charge in [0.2, 0.25) is 0 Å². The van der Waals surface area contributed by atoms with Crippen molar-refractivity contribution in [2.45, 2.75) is 33.4 Å². The van der Waals surface area contributed by atoms with Crippen LogP contribution in [0.5, 0.6) is 0 Å². The summed E-state index contributed by atoms with van der Waals surface area (Å²) in [6, 6.07) is 4.29. The van der Waals surface area contributed by atoms with E-state index in [0.29, 0.717) is 6.04 Å². The Morgan fingerprint density at radius 2 is 2.12 bits per heavy atom. The first-order valence-corrected chi connectivity index (χ1v) is 6.02. The highest BCUT2D eigenvalue weighted by Crippen LogP contribution is 2.18. The van der Waals surface area contributed by atoms with Crippen molar-refractivity contribution >= 4 is 17.4 Å². The van der Waals surface area contributed by atoms with Crippen molar-refractivity contribution in [2.75, 3.05) is 18.9 Å². The second-order valence-electron chi connectivity index (χ2n) is 4.16. The van der Waals surface area contributed by atoms with E-state index >= 15 is 0 Å². The number of hydrogen-bond acceptors (Lipinski definition) is 3. The third-order valence-corrected chi connectivity index (χ3v) is 2.90. The number of halogens is 1. The van der Waals surface area contributed by atoms with Crippen molar-refractivity contribution in [3.8, 4) is 0 Å². The van der Waals surface area contributed by atoms with Gasteiger partial charge in [0, 0.05) is 19.1 Å². The second-order valence-corrected chi connectivity index (χ2v) is 4.57. The molecule has 1 N–H and O–H groups in total. The third kappa shape index (κ3) is 3.65. The van der Waals surface area contributed by atoms with Crippen molar-refractivity contribution < 1.29 is 0 Å². The predicted molar refractivity (Wildman–Crippen MR) is 70.0 cm³/mol. The quantitative estimate of drug-likeness (QED) is 0.859. The molecule has 1 heterocycles. The Balaban J connectivity index is 2.81. The minimum absolute atomic E-state index is 0.487. The average Bonchev–Trinajstić information content (AvgIpc) is 2.23. The van der Waals surface area contributed by atoms with Crippen LogP contribution in [0.3, 0.4) is 0 Å². The zero-order chi connectivity index (χ0) is 12.1. The minimum atomic E-state index is 0.487. The van der Waals surface area contributed by atoms with E-state index in [1.165, 1.54) is 0 Å². The van der Waals surface area contributed by atoms with Crippen molar-refractivity contribution in [1.29, 1.82) is 0 Å². The summed E-state index contributed by atoms with van der Waals surface area (Å²) < 4.78 is 0. The van der Waals surface area contributed by atoms with Crippen LogP contribution < -0.4 is 5.32 Å². The molecule has 0 aliphatic rings. The van der Waals surface area contributed by atoms with Gasteiger partial charge in [-0.05, 0) is 40.0 Å². The van der Waals surface area contributed by atoms with Gasteiger partial charge in [0.25, 0.3) is 0 Å². The van der Waals surface area contributed by atoms with E-state index in [1.54, 1.807) is 0 Å². The molecule has 1 aromatic heterocycles. The lowest BCUT2D eigenvalue weighted by molar-refractivity contribution is 0.263. The van der Waals surface area contributed by atoms with Gasteiger partial charge in [-0.1, -0.05) is 11.6 Å². The molecule has 16 heavy (non-hydrogen) atoms. The molecule has 0 bridgehead atoms. The normalized spacial score (nSPS) is 11.2. The largest absolute Gasteiger partial charge is 0.370 e. The summed E-state index contributed by atoms with van der Waals surface area (Å²) >= 11 is 6.13. The third-order valence-electron chi connectivity index (χ3n) is 2.56. The van der Waals surface area contributed by atoms with Gasteiger partial charge >= 0.3 is 0 Å². The molecule has 0 saturated carbocycles. The van der Waals surface area contributed by atoms with E-state index in [0.717, 1.165) is 29.6 Å². The summed E-state index contributed by atoms with van der Waals surface area (Å²) in [6.45, 7) is 8.00. The second kappa shape index (κ2) is 6.06. The predicted octanol–water partition coefficient (Wildman–Crippen LogP) is 3.01. The summed E-state index contributed by atoms with van der Waals surface area (Å²) in [5, 5.41) is 3.92. The van der Waals surface area contributed by atoms with Crippen molar-refractivity contribution in [2.24, 2.45) is 0 Å². The fourth-order valence-electron chi connectivity index (χ4n) is 1.29. The zero-order valence-corrected chi connectivity index (χ0v) is 11.2. The number of nitrogens with one attached hydrogen (secondary N) is 1. The van der Waals surface area contributed by atoms with Crippen molar-refractivity contribution in [3.05, 3.63) is 22.8 Å². The Kier molecular flexibility index (Phi) is 5.03. The molecule has 0 atom stereocenters. The maximum absolute atomic E-state index is 6.13. The summed E-state index contributed by atoms with van der Waals surface area (Å²) in [4.78, 5) is 6.71. The van der Waals surface area contributed by atoms with Gasteiger partial charge in [0.1, 0.15) is 5.82 Å². The highest BCUT2D eigenvalue weighted by molar-refractivity contribution is 6.31. The van der Waals surface area contributed by atoms with Gasteiger partial charge < -0.3 is 5.32 Å². The molecule has 1 aromatic rings. The van der Waals surface area contributed by atoms with Crippen LogP contribution in [0.4, 0.5) is 5.82 Å². The molecule has 0 unspecified atom stereocenters. The molecular weight excluding hydrogens is 222 g/mol. The monoisotopic (exact) mass is 241 g/mol. The lowest BCUT2D eigenvalue weighted by Gasteiger charge is -2.21.